The Labute approximate surface area is 125 Å². The molecule has 7 heteroatoms. The number of para-hydroxylation sites is 1. The minimum Gasteiger partial charge on any atom is -0.493 e. The van der Waals surface area contributed by atoms with Crippen molar-refractivity contribution in [2.75, 3.05) is 6.61 Å². The summed E-state index contributed by atoms with van der Waals surface area (Å²) in [5, 5.41) is 9.98. The summed E-state index contributed by atoms with van der Waals surface area (Å²) >= 11 is 0.821. The van der Waals surface area contributed by atoms with Gasteiger partial charge in [-0.15, -0.1) is 0 Å². The second-order valence-electron chi connectivity index (χ2n) is 4.04. The largest absolute Gasteiger partial charge is 0.493 e. The minimum absolute atomic E-state index is 0.223. The van der Waals surface area contributed by atoms with E-state index in [0.717, 1.165) is 15.9 Å². The summed E-state index contributed by atoms with van der Waals surface area (Å²) in [6, 6.07) is 9.13. The smallest absolute Gasteiger partial charge is 0.326 e. The van der Waals surface area contributed by atoms with Gasteiger partial charge in [-0.3, -0.25) is 19.1 Å². The van der Waals surface area contributed by atoms with E-state index in [9.17, 15) is 14.7 Å². The number of esters is 1. The zero-order valence-corrected chi connectivity index (χ0v) is 12.2. The van der Waals surface area contributed by atoms with Crippen molar-refractivity contribution in [2.45, 2.75) is 13.5 Å². The van der Waals surface area contributed by atoms with Crippen LogP contribution in [0.15, 0.2) is 40.1 Å². The molecular formula is C14H14N2O4S. The fraction of sp³-hybridized carbons (Fsp3) is 0.214. The van der Waals surface area contributed by atoms with Crippen LogP contribution in [0.25, 0.3) is 0 Å². The number of nitrogens with zero attached hydrogens (tertiary/aromatic N) is 2. The van der Waals surface area contributed by atoms with Crippen LogP contribution in [0.5, 0.6) is 5.88 Å². The predicted molar refractivity (Wildman–Crippen MR) is 80.6 cm³/mol. The van der Waals surface area contributed by atoms with Gasteiger partial charge in [0.2, 0.25) is 5.88 Å². The fourth-order valence-electron chi connectivity index (χ4n) is 1.62. The molecule has 0 bridgehead atoms. The Morgan fingerprint density at radius 3 is 2.81 bits per heavy atom. The highest BCUT2D eigenvalue weighted by atomic mass is 32.1. The van der Waals surface area contributed by atoms with E-state index in [2.05, 4.69) is 4.99 Å². The summed E-state index contributed by atoms with van der Waals surface area (Å²) in [5.41, 5.74) is 0.703. The van der Waals surface area contributed by atoms with Crippen molar-refractivity contribution >= 4 is 29.2 Å². The summed E-state index contributed by atoms with van der Waals surface area (Å²) in [7, 11) is 0. The van der Waals surface area contributed by atoms with Crippen LogP contribution in [0, 0.1) is 0 Å². The molecule has 0 unspecified atom stereocenters. The number of rotatable bonds is 5. The quantitative estimate of drug-likeness (QED) is 0.676. The maximum absolute atomic E-state index is 11.8. The molecule has 1 aromatic heterocycles. The summed E-state index contributed by atoms with van der Waals surface area (Å²) in [5.74, 6) is -0.850. The first-order valence-corrected chi connectivity index (χ1v) is 7.10. The number of aromatic nitrogens is 1. The molecule has 1 aromatic carbocycles. The molecule has 1 N–H and O–H groups in total. The first-order valence-electron chi connectivity index (χ1n) is 6.29. The number of carbonyl (C=O) groups excluding carboxylic acids is 1. The summed E-state index contributed by atoms with van der Waals surface area (Å²) in [4.78, 5) is 27.2. The van der Waals surface area contributed by atoms with Crippen LogP contribution in [0.1, 0.15) is 11.8 Å². The van der Waals surface area contributed by atoms with Gasteiger partial charge in [0.05, 0.1) is 18.5 Å². The highest BCUT2D eigenvalue weighted by molar-refractivity contribution is 7.11. The third-order valence-corrected chi connectivity index (χ3v) is 3.48. The molecule has 0 saturated carbocycles. The first kappa shape index (κ1) is 15.0. The van der Waals surface area contributed by atoms with Gasteiger partial charge >= 0.3 is 10.8 Å². The SMILES string of the molecule is CCOC(=O)Cn1c(O)c(C=Nc2ccccc2)sc1=O. The molecule has 0 spiro atoms. The molecule has 0 radical (unpaired) electrons. The van der Waals surface area contributed by atoms with Crippen molar-refractivity contribution in [1.29, 1.82) is 0 Å². The number of aliphatic imine (C=N–C) groups is 1. The molecule has 0 saturated heterocycles. The van der Waals surface area contributed by atoms with Gasteiger partial charge in [-0.25, -0.2) is 0 Å². The molecular weight excluding hydrogens is 292 g/mol. The highest BCUT2D eigenvalue weighted by Crippen LogP contribution is 2.19. The Hall–Kier alpha value is -2.41. The van der Waals surface area contributed by atoms with Crippen molar-refractivity contribution < 1.29 is 14.6 Å². The lowest BCUT2D eigenvalue weighted by atomic mass is 10.3. The lowest BCUT2D eigenvalue weighted by Crippen LogP contribution is -2.20. The van der Waals surface area contributed by atoms with Crippen LogP contribution in [-0.2, 0) is 16.1 Å². The molecule has 0 amide bonds. The van der Waals surface area contributed by atoms with E-state index in [1.165, 1.54) is 6.21 Å². The number of carbonyl (C=O) groups is 1. The molecule has 110 valence electrons. The van der Waals surface area contributed by atoms with Crippen LogP contribution >= 0.6 is 11.3 Å². The van der Waals surface area contributed by atoms with E-state index in [0.29, 0.717) is 10.6 Å². The molecule has 0 fully saturated rings. The van der Waals surface area contributed by atoms with Crippen molar-refractivity contribution in [3.63, 3.8) is 0 Å². The molecule has 0 aliphatic rings. The van der Waals surface area contributed by atoms with Gasteiger partial charge in [-0.1, -0.05) is 29.5 Å². The number of benzene rings is 1. The molecule has 1 heterocycles. The fourth-order valence-corrected chi connectivity index (χ4v) is 2.38. The van der Waals surface area contributed by atoms with E-state index >= 15 is 0 Å². The monoisotopic (exact) mass is 306 g/mol. The predicted octanol–water partition coefficient (Wildman–Crippen LogP) is 1.93. The molecule has 6 nitrogen and oxygen atoms in total. The van der Waals surface area contributed by atoms with Crippen molar-refractivity contribution in [3.05, 3.63) is 44.9 Å². The Morgan fingerprint density at radius 2 is 2.14 bits per heavy atom. The van der Waals surface area contributed by atoms with Crippen LogP contribution in [0.2, 0.25) is 0 Å². The van der Waals surface area contributed by atoms with Crippen molar-refractivity contribution in [2.24, 2.45) is 4.99 Å². The second-order valence-corrected chi connectivity index (χ2v) is 5.03. The average Bonchev–Trinajstić information content (AvgIpc) is 2.74. The second kappa shape index (κ2) is 6.85. The van der Waals surface area contributed by atoms with Gasteiger partial charge in [0.25, 0.3) is 0 Å². The topological polar surface area (TPSA) is 80.9 Å². The highest BCUT2D eigenvalue weighted by Gasteiger charge is 2.15. The summed E-state index contributed by atoms with van der Waals surface area (Å²) in [6.45, 7) is 1.58. The first-order chi connectivity index (χ1) is 10.1. The zero-order chi connectivity index (χ0) is 15.2. The Bertz CT molecular complexity index is 704. The van der Waals surface area contributed by atoms with Crippen LogP contribution in [-0.4, -0.2) is 28.5 Å². The van der Waals surface area contributed by atoms with Crippen molar-refractivity contribution in [3.8, 4) is 5.88 Å². The maximum atomic E-state index is 11.8. The molecule has 0 atom stereocenters. The van der Waals surface area contributed by atoms with Crippen LogP contribution in [0.4, 0.5) is 5.69 Å². The number of thiazole rings is 1. The Morgan fingerprint density at radius 1 is 1.43 bits per heavy atom. The van der Waals surface area contributed by atoms with E-state index in [4.69, 9.17) is 4.74 Å². The van der Waals surface area contributed by atoms with E-state index < -0.39 is 10.8 Å². The molecule has 2 rings (SSSR count). The molecule has 0 aliphatic carbocycles. The normalized spacial score (nSPS) is 10.9. The van der Waals surface area contributed by atoms with Gasteiger partial charge in [0, 0.05) is 0 Å². The lowest BCUT2D eigenvalue weighted by Gasteiger charge is -2.03. The average molecular weight is 306 g/mol. The standard InChI is InChI=1S/C14H14N2O4S/c1-2-20-12(17)9-16-13(18)11(21-14(16)19)8-15-10-6-4-3-5-7-10/h3-8,18H,2,9H2,1H3. The third kappa shape index (κ3) is 3.79. The van der Waals surface area contributed by atoms with Crippen LogP contribution in [0.3, 0.4) is 0 Å². The molecule has 2 aromatic rings. The van der Waals surface area contributed by atoms with Gasteiger partial charge in [0.1, 0.15) is 11.4 Å². The van der Waals surface area contributed by atoms with Gasteiger partial charge in [-0.05, 0) is 19.1 Å². The van der Waals surface area contributed by atoms with E-state index in [1.807, 2.05) is 18.2 Å². The van der Waals surface area contributed by atoms with E-state index in [-0.39, 0.29) is 19.0 Å². The van der Waals surface area contributed by atoms with Crippen molar-refractivity contribution in [1.82, 2.24) is 4.57 Å². The number of hydrogen-bond donors (Lipinski definition) is 1. The van der Waals surface area contributed by atoms with Crippen LogP contribution < -0.4 is 4.87 Å². The number of ether oxygens (including phenoxy) is 1. The molecule has 0 aliphatic heterocycles. The number of aromatic hydroxyl groups is 1. The zero-order valence-electron chi connectivity index (χ0n) is 11.4. The third-order valence-electron chi connectivity index (χ3n) is 2.57. The summed E-state index contributed by atoms with van der Waals surface area (Å²) < 4.78 is 5.72. The Kier molecular flexibility index (Phi) is 4.89. The summed E-state index contributed by atoms with van der Waals surface area (Å²) in [6.07, 6.45) is 1.40. The molecule has 21 heavy (non-hydrogen) atoms. The van der Waals surface area contributed by atoms with Gasteiger partial charge < -0.3 is 9.84 Å². The van der Waals surface area contributed by atoms with E-state index in [1.54, 1.807) is 19.1 Å². The number of hydrogen-bond acceptors (Lipinski definition) is 6. The minimum atomic E-state index is -0.570. The Balaban J connectivity index is 2.21. The lowest BCUT2D eigenvalue weighted by molar-refractivity contribution is -0.143. The van der Waals surface area contributed by atoms with Gasteiger partial charge in [0.15, 0.2) is 0 Å². The van der Waals surface area contributed by atoms with Gasteiger partial charge in [-0.2, -0.15) is 0 Å². The maximum Gasteiger partial charge on any atom is 0.326 e.